The largest absolute Gasteiger partial charge is 0.355 e. The Kier molecular flexibility index (Phi) is 6.73. The van der Waals surface area contributed by atoms with Crippen LogP contribution in [0.25, 0.3) is 0 Å². The number of rotatable bonds is 8. The molecule has 4 rings (SSSR count). The molecule has 0 bridgehead atoms. The standard InChI is InChI=1S/C27H25NOS/c29-26(19-24-17-10-18-30-24)28-20-25(21-11-4-1-5-12-21)27(22-13-6-2-7-14-22)23-15-8-3-9-16-23/h1-18,25,27H,19-20H2,(H,28,29). The third kappa shape index (κ3) is 5.05. The molecule has 0 saturated carbocycles. The van der Waals surface area contributed by atoms with E-state index in [-0.39, 0.29) is 17.7 Å². The second-order valence-corrected chi connectivity index (χ2v) is 8.41. The molecule has 1 heterocycles. The molecule has 0 aliphatic rings. The van der Waals surface area contributed by atoms with Crippen LogP contribution in [0, 0.1) is 0 Å². The fourth-order valence-electron chi connectivity index (χ4n) is 3.96. The molecular formula is C27H25NOS. The molecule has 0 saturated heterocycles. The monoisotopic (exact) mass is 411 g/mol. The number of carbonyl (C=O) groups excluding carboxylic acids is 1. The predicted octanol–water partition coefficient (Wildman–Crippen LogP) is 6.02. The molecule has 1 N–H and O–H groups in total. The molecular weight excluding hydrogens is 386 g/mol. The van der Waals surface area contributed by atoms with Gasteiger partial charge in [0, 0.05) is 23.3 Å². The topological polar surface area (TPSA) is 29.1 Å². The van der Waals surface area contributed by atoms with Crippen LogP contribution in [-0.4, -0.2) is 12.5 Å². The van der Waals surface area contributed by atoms with Gasteiger partial charge in [0.05, 0.1) is 6.42 Å². The first-order valence-electron chi connectivity index (χ1n) is 10.2. The average Bonchev–Trinajstić information content (AvgIpc) is 3.31. The number of thiophene rings is 1. The van der Waals surface area contributed by atoms with Gasteiger partial charge in [-0.25, -0.2) is 0 Å². The summed E-state index contributed by atoms with van der Waals surface area (Å²) in [6.07, 6.45) is 0.431. The molecule has 0 spiro atoms. The SMILES string of the molecule is O=C(Cc1cccs1)NCC(c1ccccc1)C(c1ccccc1)c1ccccc1. The number of hydrogen-bond acceptors (Lipinski definition) is 2. The second-order valence-electron chi connectivity index (χ2n) is 7.38. The summed E-state index contributed by atoms with van der Waals surface area (Å²) in [5, 5.41) is 5.22. The first-order valence-corrected chi connectivity index (χ1v) is 11.1. The van der Waals surface area contributed by atoms with Gasteiger partial charge in [0.25, 0.3) is 0 Å². The van der Waals surface area contributed by atoms with Crippen LogP contribution in [-0.2, 0) is 11.2 Å². The van der Waals surface area contributed by atoms with Crippen molar-refractivity contribution >= 4 is 17.2 Å². The van der Waals surface area contributed by atoms with Gasteiger partial charge >= 0.3 is 0 Å². The lowest BCUT2D eigenvalue weighted by Crippen LogP contribution is -2.32. The third-order valence-electron chi connectivity index (χ3n) is 5.38. The number of nitrogens with one attached hydrogen (secondary N) is 1. The third-order valence-corrected chi connectivity index (χ3v) is 6.26. The molecule has 0 fully saturated rings. The Morgan fingerprint density at radius 3 is 1.73 bits per heavy atom. The molecule has 1 amide bonds. The minimum atomic E-state index is 0.0678. The van der Waals surface area contributed by atoms with Crippen molar-refractivity contribution in [3.63, 3.8) is 0 Å². The minimum absolute atomic E-state index is 0.0678. The van der Waals surface area contributed by atoms with E-state index in [1.807, 2.05) is 35.7 Å². The Hall–Kier alpha value is -3.17. The van der Waals surface area contributed by atoms with E-state index in [1.54, 1.807) is 11.3 Å². The van der Waals surface area contributed by atoms with Gasteiger partial charge in [-0.1, -0.05) is 97.1 Å². The molecule has 2 nitrogen and oxygen atoms in total. The number of amides is 1. The minimum Gasteiger partial charge on any atom is -0.355 e. The van der Waals surface area contributed by atoms with Gasteiger partial charge in [-0.15, -0.1) is 11.3 Å². The Labute approximate surface area is 182 Å². The lowest BCUT2D eigenvalue weighted by molar-refractivity contribution is -0.120. The van der Waals surface area contributed by atoms with Gasteiger partial charge < -0.3 is 5.32 Å². The molecule has 1 aromatic heterocycles. The Morgan fingerprint density at radius 2 is 1.23 bits per heavy atom. The summed E-state index contributed by atoms with van der Waals surface area (Å²) < 4.78 is 0. The van der Waals surface area contributed by atoms with Gasteiger partial charge in [-0.2, -0.15) is 0 Å². The highest BCUT2D eigenvalue weighted by Gasteiger charge is 2.27. The van der Waals surface area contributed by atoms with Crippen LogP contribution < -0.4 is 5.32 Å². The molecule has 1 atom stereocenters. The summed E-state index contributed by atoms with van der Waals surface area (Å²) in [6, 6.07) is 35.7. The van der Waals surface area contributed by atoms with Crippen molar-refractivity contribution in [2.45, 2.75) is 18.3 Å². The zero-order chi connectivity index (χ0) is 20.6. The van der Waals surface area contributed by atoms with Gasteiger partial charge in [-0.3, -0.25) is 4.79 Å². The van der Waals surface area contributed by atoms with Crippen molar-refractivity contribution in [1.82, 2.24) is 5.32 Å². The molecule has 3 heteroatoms. The maximum absolute atomic E-state index is 12.6. The molecule has 3 aromatic carbocycles. The molecule has 150 valence electrons. The highest BCUT2D eigenvalue weighted by Crippen LogP contribution is 2.38. The van der Waals surface area contributed by atoms with E-state index in [2.05, 4.69) is 78.1 Å². The van der Waals surface area contributed by atoms with E-state index in [4.69, 9.17) is 0 Å². The summed E-state index contributed by atoms with van der Waals surface area (Å²) >= 11 is 1.62. The zero-order valence-corrected chi connectivity index (χ0v) is 17.6. The fourth-order valence-corrected chi connectivity index (χ4v) is 4.67. The van der Waals surface area contributed by atoms with Crippen molar-refractivity contribution in [3.05, 3.63) is 130 Å². The molecule has 1 unspecified atom stereocenters. The van der Waals surface area contributed by atoms with Crippen molar-refractivity contribution in [1.29, 1.82) is 0 Å². The summed E-state index contributed by atoms with van der Waals surface area (Å²) in [4.78, 5) is 13.7. The van der Waals surface area contributed by atoms with E-state index >= 15 is 0 Å². The van der Waals surface area contributed by atoms with Crippen LogP contribution in [0.5, 0.6) is 0 Å². The van der Waals surface area contributed by atoms with Crippen LogP contribution in [0.2, 0.25) is 0 Å². The van der Waals surface area contributed by atoms with Crippen LogP contribution in [0.4, 0.5) is 0 Å². The smallest absolute Gasteiger partial charge is 0.225 e. The zero-order valence-electron chi connectivity index (χ0n) is 16.8. The Bertz CT molecular complexity index is 991. The molecule has 0 aliphatic heterocycles. The van der Waals surface area contributed by atoms with Crippen LogP contribution in [0.15, 0.2) is 109 Å². The van der Waals surface area contributed by atoms with E-state index in [9.17, 15) is 4.79 Å². The second kappa shape index (κ2) is 10.0. The van der Waals surface area contributed by atoms with Crippen LogP contribution in [0.1, 0.15) is 33.4 Å². The Morgan fingerprint density at radius 1 is 0.700 bits per heavy atom. The number of hydrogen-bond donors (Lipinski definition) is 1. The predicted molar refractivity (Wildman–Crippen MR) is 125 cm³/mol. The maximum atomic E-state index is 12.6. The summed E-state index contributed by atoms with van der Waals surface area (Å²) in [5.41, 5.74) is 3.74. The normalized spacial score (nSPS) is 11.9. The van der Waals surface area contributed by atoms with Crippen molar-refractivity contribution < 1.29 is 4.79 Å². The lowest BCUT2D eigenvalue weighted by atomic mass is 9.77. The van der Waals surface area contributed by atoms with E-state index < -0.39 is 0 Å². The quantitative estimate of drug-likeness (QED) is 0.377. The van der Waals surface area contributed by atoms with Crippen LogP contribution in [0.3, 0.4) is 0 Å². The van der Waals surface area contributed by atoms with E-state index in [0.717, 1.165) is 4.88 Å². The van der Waals surface area contributed by atoms with Crippen molar-refractivity contribution in [2.24, 2.45) is 0 Å². The van der Waals surface area contributed by atoms with Crippen LogP contribution >= 0.6 is 11.3 Å². The Balaban J connectivity index is 1.65. The lowest BCUT2D eigenvalue weighted by Gasteiger charge is -2.29. The molecule has 0 radical (unpaired) electrons. The van der Waals surface area contributed by atoms with Gasteiger partial charge in [0.1, 0.15) is 0 Å². The highest BCUT2D eigenvalue weighted by atomic mass is 32.1. The molecule has 0 aliphatic carbocycles. The summed E-state index contributed by atoms with van der Waals surface area (Å²) in [7, 11) is 0. The van der Waals surface area contributed by atoms with E-state index in [0.29, 0.717) is 13.0 Å². The number of carbonyl (C=O) groups is 1. The average molecular weight is 412 g/mol. The maximum Gasteiger partial charge on any atom is 0.225 e. The molecule has 30 heavy (non-hydrogen) atoms. The summed E-state index contributed by atoms with van der Waals surface area (Å²) in [5.74, 6) is 0.346. The van der Waals surface area contributed by atoms with Crippen molar-refractivity contribution in [2.75, 3.05) is 6.54 Å². The molecule has 4 aromatic rings. The summed E-state index contributed by atoms with van der Waals surface area (Å²) in [6.45, 7) is 0.586. The van der Waals surface area contributed by atoms with Gasteiger partial charge in [0.15, 0.2) is 0 Å². The van der Waals surface area contributed by atoms with Crippen molar-refractivity contribution in [3.8, 4) is 0 Å². The van der Waals surface area contributed by atoms with Gasteiger partial charge in [-0.05, 0) is 28.1 Å². The first-order chi connectivity index (χ1) is 14.8. The van der Waals surface area contributed by atoms with Gasteiger partial charge in [0.2, 0.25) is 5.91 Å². The first kappa shape index (κ1) is 20.1. The number of benzene rings is 3. The highest BCUT2D eigenvalue weighted by molar-refractivity contribution is 7.10. The fraction of sp³-hybridized carbons (Fsp3) is 0.148. The van der Waals surface area contributed by atoms with E-state index in [1.165, 1.54) is 16.7 Å².